The quantitative estimate of drug-likeness (QED) is 0.753. The van der Waals surface area contributed by atoms with Crippen molar-refractivity contribution in [2.45, 2.75) is 25.0 Å². The summed E-state index contributed by atoms with van der Waals surface area (Å²) in [5, 5.41) is 10.6. The predicted molar refractivity (Wildman–Crippen MR) is 66.1 cm³/mol. The fourth-order valence-electron chi connectivity index (χ4n) is 3.46. The van der Waals surface area contributed by atoms with Gasteiger partial charge in [-0.1, -0.05) is 23.4 Å². The van der Waals surface area contributed by atoms with Gasteiger partial charge >= 0.3 is 0 Å². The van der Waals surface area contributed by atoms with Gasteiger partial charge in [-0.05, 0) is 19.4 Å². The van der Waals surface area contributed by atoms with Crippen LogP contribution in [0.2, 0.25) is 0 Å². The lowest BCUT2D eigenvalue weighted by Gasteiger charge is -2.38. The number of anilines is 1. The van der Waals surface area contributed by atoms with Crippen molar-refractivity contribution in [2.75, 3.05) is 18.0 Å². The van der Waals surface area contributed by atoms with Gasteiger partial charge in [0.2, 0.25) is 5.54 Å². The van der Waals surface area contributed by atoms with E-state index in [0.29, 0.717) is 0 Å². The summed E-state index contributed by atoms with van der Waals surface area (Å²) < 4.78 is 0. The summed E-state index contributed by atoms with van der Waals surface area (Å²) >= 11 is 0. The Labute approximate surface area is 105 Å². The molecule has 0 aliphatic carbocycles. The summed E-state index contributed by atoms with van der Waals surface area (Å²) in [5.41, 5.74) is 1.36. The topological polar surface area (TPSA) is 48.3 Å². The molecular weight excluding hydrogens is 228 g/mol. The van der Waals surface area contributed by atoms with Crippen LogP contribution in [0.25, 0.3) is 0 Å². The van der Waals surface area contributed by atoms with Gasteiger partial charge in [0.1, 0.15) is 0 Å². The molecule has 0 spiro atoms. The number of hydrogen-bond donors (Lipinski definition) is 0. The third kappa shape index (κ3) is 0.925. The monoisotopic (exact) mass is 242 g/mol. The Hall–Kier alpha value is -1.91. The predicted octanol–water partition coefficient (Wildman–Crippen LogP) is 1.70. The molecule has 0 amide bonds. The molecule has 2 atom stereocenters. The maximum Gasteiger partial charge on any atom is 0.208 e. The van der Waals surface area contributed by atoms with Crippen LogP contribution in [0.3, 0.4) is 0 Å². The molecule has 3 aliphatic rings. The molecule has 0 bridgehead atoms. The number of carbonyl (C=O) groups excluding carboxylic acids is 1. The zero-order valence-electron chi connectivity index (χ0n) is 10.2. The average Bonchev–Trinajstić information content (AvgIpc) is 2.91. The van der Waals surface area contributed by atoms with E-state index in [1.807, 2.05) is 23.2 Å². The van der Waals surface area contributed by atoms with Crippen LogP contribution in [-0.2, 0) is 10.3 Å². The van der Waals surface area contributed by atoms with Crippen LogP contribution in [-0.4, -0.2) is 30.0 Å². The summed E-state index contributed by atoms with van der Waals surface area (Å²) in [6.45, 7) is 3.48. The van der Waals surface area contributed by atoms with E-state index < -0.39 is 5.54 Å². The van der Waals surface area contributed by atoms with Gasteiger partial charge in [0.25, 0.3) is 0 Å². The van der Waals surface area contributed by atoms with E-state index >= 15 is 0 Å². The Kier molecular flexibility index (Phi) is 1.73. The van der Waals surface area contributed by atoms with Crippen molar-refractivity contribution in [3.05, 3.63) is 29.8 Å². The maximum absolute atomic E-state index is 12.2. The van der Waals surface area contributed by atoms with Crippen molar-refractivity contribution in [1.82, 2.24) is 5.01 Å². The first-order valence-electron chi connectivity index (χ1n) is 6.32. The smallest absolute Gasteiger partial charge is 0.208 e. The number of fused-ring (bicyclic) bond motifs is 3. The number of ketones is 1. The molecule has 5 heteroatoms. The van der Waals surface area contributed by atoms with Crippen molar-refractivity contribution in [2.24, 2.45) is 10.3 Å². The number of para-hydroxylation sites is 1. The molecule has 0 saturated carbocycles. The van der Waals surface area contributed by atoms with E-state index in [2.05, 4.69) is 21.3 Å². The van der Waals surface area contributed by atoms with Crippen LogP contribution in [0.15, 0.2) is 34.6 Å². The first-order valence-corrected chi connectivity index (χ1v) is 6.32. The second kappa shape index (κ2) is 3.10. The van der Waals surface area contributed by atoms with E-state index in [-0.39, 0.29) is 11.9 Å². The number of benzene rings is 1. The van der Waals surface area contributed by atoms with Gasteiger partial charge in [-0.25, -0.2) is 0 Å². The minimum atomic E-state index is -0.795. The first kappa shape index (κ1) is 10.1. The van der Waals surface area contributed by atoms with E-state index in [1.165, 1.54) is 0 Å². The van der Waals surface area contributed by atoms with Crippen molar-refractivity contribution in [3.8, 4) is 0 Å². The van der Waals surface area contributed by atoms with E-state index in [0.717, 1.165) is 30.8 Å². The molecule has 0 aromatic heterocycles. The lowest BCUT2D eigenvalue weighted by Crippen LogP contribution is -2.56. The van der Waals surface area contributed by atoms with Gasteiger partial charge in [0.05, 0.1) is 0 Å². The van der Waals surface area contributed by atoms with Gasteiger partial charge in [-0.15, -0.1) is 5.11 Å². The number of carbonyl (C=O) groups is 1. The first-order chi connectivity index (χ1) is 8.75. The van der Waals surface area contributed by atoms with Crippen LogP contribution in [0.5, 0.6) is 0 Å². The highest BCUT2D eigenvalue weighted by Gasteiger charge is 2.61. The summed E-state index contributed by atoms with van der Waals surface area (Å²) in [7, 11) is 0. The Balaban J connectivity index is 2.01. The molecule has 4 rings (SSSR count). The highest BCUT2D eigenvalue weighted by molar-refractivity contribution is 5.93. The van der Waals surface area contributed by atoms with E-state index in [4.69, 9.17) is 0 Å². The molecule has 0 radical (unpaired) electrons. The number of hydrogen-bond acceptors (Lipinski definition) is 5. The highest BCUT2D eigenvalue weighted by atomic mass is 16.1. The number of nitrogens with zero attached hydrogens (tertiary/aromatic N) is 4. The second-order valence-electron chi connectivity index (χ2n) is 5.11. The Morgan fingerprint density at radius 3 is 3.06 bits per heavy atom. The third-order valence-corrected chi connectivity index (χ3v) is 4.22. The molecule has 0 N–H and O–H groups in total. The van der Waals surface area contributed by atoms with Crippen LogP contribution >= 0.6 is 0 Å². The van der Waals surface area contributed by atoms with Crippen molar-refractivity contribution >= 4 is 11.5 Å². The zero-order chi connectivity index (χ0) is 12.3. The summed E-state index contributed by atoms with van der Waals surface area (Å²) in [6, 6.07) is 8.08. The Bertz CT molecular complexity index is 570. The minimum Gasteiger partial charge on any atom is -0.347 e. The van der Waals surface area contributed by atoms with Crippen LogP contribution < -0.4 is 4.90 Å². The lowest BCUT2D eigenvalue weighted by molar-refractivity contribution is -0.123. The van der Waals surface area contributed by atoms with Crippen molar-refractivity contribution < 1.29 is 4.79 Å². The molecule has 1 fully saturated rings. The standard InChI is InChI=1S/C13H14N4O/c1-9(18)13-10-5-2-3-6-11(10)16-7-4-8-17(12(13)16)15-14-13/h2-3,5-6,12H,4,7-8H2,1H3. The second-order valence-corrected chi connectivity index (χ2v) is 5.11. The highest BCUT2D eigenvalue weighted by Crippen LogP contribution is 2.52. The molecule has 3 aliphatic heterocycles. The fraction of sp³-hybridized carbons (Fsp3) is 0.462. The van der Waals surface area contributed by atoms with E-state index in [1.54, 1.807) is 6.92 Å². The molecule has 92 valence electrons. The summed E-state index contributed by atoms with van der Waals surface area (Å²) in [6.07, 6.45) is 1.01. The summed E-state index contributed by atoms with van der Waals surface area (Å²) in [5.74, 6) is 0.0793. The molecule has 1 aromatic carbocycles. The molecule has 2 unspecified atom stereocenters. The molecule has 1 saturated heterocycles. The van der Waals surface area contributed by atoms with Crippen LogP contribution in [0, 0.1) is 0 Å². The van der Waals surface area contributed by atoms with E-state index in [9.17, 15) is 4.79 Å². The normalized spacial score (nSPS) is 31.5. The van der Waals surface area contributed by atoms with Gasteiger partial charge < -0.3 is 4.90 Å². The number of Topliss-reactive ketones (excluding diaryl/α,β-unsaturated/α-hetero) is 1. The molecule has 18 heavy (non-hydrogen) atoms. The van der Waals surface area contributed by atoms with Gasteiger partial charge in [-0.3, -0.25) is 9.80 Å². The van der Waals surface area contributed by atoms with Gasteiger partial charge in [0, 0.05) is 24.3 Å². The van der Waals surface area contributed by atoms with Crippen molar-refractivity contribution in [1.29, 1.82) is 0 Å². The number of rotatable bonds is 1. The maximum atomic E-state index is 12.2. The molecule has 5 nitrogen and oxygen atoms in total. The van der Waals surface area contributed by atoms with Crippen LogP contribution in [0.4, 0.5) is 5.69 Å². The summed E-state index contributed by atoms with van der Waals surface area (Å²) in [4.78, 5) is 14.5. The lowest BCUT2D eigenvalue weighted by atomic mass is 9.86. The van der Waals surface area contributed by atoms with Crippen LogP contribution in [0.1, 0.15) is 18.9 Å². The zero-order valence-corrected chi connectivity index (χ0v) is 10.2. The third-order valence-electron chi connectivity index (χ3n) is 4.22. The SMILES string of the molecule is CC(=O)C12N=NN3CCCN(c4ccccc41)C32. The average molecular weight is 242 g/mol. The fourth-order valence-corrected chi connectivity index (χ4v) is 3.46. The largest absolute Gasteiger partial charge is 0.347 e. The molecule has 1 aromatic rings. The minimum absolute atomic E-state index is 0.0406. The molecule has 3 heterocycles. The Morgan fingerprint density at radius 1 is 1.39 bits per heavy atom. The van der Waals surface area contributed by atoms with Gasteiger partial charge in [-0.2, -0.15) is 0 Å². The van der Waals surface area contributed by atoms with Gasteiger partial charge in [0.15, 0.2) is 11.9 Å². The molecular formula is C13H14N4O. The van der Waals surface area contributed by atoms with Crippen molar-refractivity contribution in [3.63, 3.8) is 0 Å². The Morgan fingerprint density at radius 2 is 2.22 bits per heavy atom.